The number of hydrogen-bond acceptors (Lipinski definition) is 6. The van der Waals surface area contributed by atoms with Crippen molar-refractivity contribution in [3.05, 3.63) is 29.4 Å². The molecular formula is C17H23N5OS. The Bertz CT molecular complexity index is 644. The molecule has 0 aliphatic heterocycles. The molecule has 2 heterocycles. The van der Waals surface area contributed by atoms with Crippen LogP contribution in [0.15, 0.2) is 23.8 Å². The Labute approximate surface area is 146 Å². The number of aromatic nitrogens is 3. The number of nitrogens with zero attached hydrogens (tertiary/aromatic N) is 3. The topological polar surface area (TPSA) is 79.8 Å². The van der Waals surface area contributed by atoms with Gasteiger partial charge in [-0.25, -0.2) is 4.98 Å². The molecule has 24 heavy (non-hydrogen) atoms. The summed E-state index contributed by atoms with van der Waals surface area (Å²) in [7, 11) is 0. The van der Waals surface area contributed by atoms with E-state index in [1.807, 2.05) is 6.07 Å². The summed E-state index contributed by atoms with van der Waals surface area (Å²) in [5.74, 6) is 2.29. The summed E-state index contributed by atoms with van der Waals surface area (Å²) in [5, 5.41) is 14.0. The Morgan fingerprint density at radius 3 is 3.00 bits per heavy atom. The molecule has 1 aliphatic rings. The van der Waals surface area contributed by atoms with Crippen LogP contribution in [0.25, 0.3) is 0 Å². The lowest BCUT2D eigenvalue weighted by atomic mass is 9.81. The van der Waals surface area contributed by atoms with E-state index in [4.69, 9.17) is 0 Å². The van der Waals surface area contributed by atoms with Crippen LogP contribution in [0.1, 0.15) is 49.4 Å². The molecule has 3 rings (SSSR count). The van der Waals surface area contributed by atoms with Gasteiger partial charge in [0.1, 0.15) is 11.3 Å². The second-order valence-corrected chi connectivity index (χ2v) is 7.32. The summed E-state index contributed by atoms with van der Waals surface area (Å²) in [6.45, 7) is 3.29. The van der Waals surface area contributed by atoms with Crippen LogP contribution < -0.4 is 10.6 Å². The van der Waals surface area contributed by atoms with Gasteiger partial charge in [0.2, 0.25) is 5.13 Å². The van der Waals surface area contributed by atoms with Gasteiger partial charge in [0.05, 0.1) is 5.56 Å². The van der Waals surface area contributed by atoms with Crippen molar-refractivity contribution in [2.45, 2.75) is 39.0 Å². The number of hydrogen-bond donors (Lipinski definition) is 2. The lowest BCUT2D eigenvalue weighted by molar-refractivity contribution is 0.102. The molecule has 2 aromatic heterocycles. The van der Waals surface area contributed by atoms with E-state index in [9.17, 15) is 4.79 Å². The zero-order valence-corrected chi connectivity index (χ0v) is 14.7. The minimum Gasteiger partial charge on any atom is -0.370 e. The molecule has 1 aliphatic carbocycles. The van der Waals surface area contributed by atoms with Crippen LogP contribution in [0.2, 0.25) is 0 Å². The molecule has 0 radical (unpaired) electrons. The predicted molar refractivity (Wildman–Crippen MR) is 96.3 cm³/mol. The lowest BCUT2D eigenvalue weighted by Gasteiger charge is -2.26. The van der Waals surface area contributed by atoms with E-state index in [0.29, 0.717) is 10.7 Å². The molecule has 2 atom stereocenters. The standard InChI is InChI=1S/C17H23N5OS/c1-12-3-2-4-13(9-12)7-8-18-15-6-5-14(10-19-15)16(23)21-17-22-20-11-24-17/h5-6,10-13H,2-4,7-9H2,1H3,(H,18,19)(H,21,22,23). The van der Waals surface area contributed by atoms with Crippen molar-refractivity contribution in [3.8, 4) is 0 Å². The predicted octanol–water partition coefficient (Wildman–Crippen LogP) is 3.81. The highest BCUT2D eigenvalue weighted by molar-refractivity contribution is 7.13. The van der Waals surface area contributed by atoms with Crippen molar-refractivity contribution >= 4 is 28.2 Å². The van der Waals surface area contributed by atoms with Crippen LogP contribution in [0.3, 0.4) is 0 Å². The molecule has 0 aromatic carbocycles. The monoisotopic (exact) mass is 345 g/mol. The van der Waals surface area contributed by atoms with Crippen LogP contribution in [-0.4, -0.2) is 27.6 Å². The number of carbonyl (C=O) groups excluding carboxylic acids is 1. The summed E-state index contributed by atoms with van der Waals surface area (Å²) < 4.78 is 0. The van der Waals surface area contributed by atoms with Gasteiger partial charge in [0, 0.05) is 12.7 Å². The second-order valence-electron chi connectivity index (χ2n) is 6.48. The summed E-state index contributed by atoms with van der Waals surface area (Å²) in [6, 6.07) is 3.62. The van der Waals surface area contributed by atoms with Gasteiger partial charge in [0.25, 0.3) is 5.91 Å². The van der Waals surface area contributed by atoms with E-state index in [0.717, 1.165) is 24.2 Å². The minimum absolute atomic E-state index is 0.220. The van der Waals surface area contributed by atoms with Gasteiger partial charge in [-0.2, -0.15) is 0 Å². The zero-order valence-electron chi connectivity index (χ0n) is 13.9. The first-order valence-corrected chi connectivity index (χ1v) is 9.36. The normalized spacial score (nSPS) is 20.5. The van der Waals surface area contributed by atoms with Gasteiger partial charge in [0.15, 0.2) is 0 Å². The van der Waals surface area contributed by atoms with Gasteiger partial charge in [-0.1, -0.05) is 37.5 Å². The van der Waals surface area contributed by atoms with E-state index < -0.39 is 0 Å². The number of nitrogens with one attached hydrogen (secondary N) is 2. The van der Waals surface area contributed by atoms with Crippen molar-refractivity contribution < 1.29 is 4.79 Å². The van der Waals surface area contributed by atoms with Gasteiger partial charge >= 0.3 is 0 Å². The fraction of sp³-hybridized carbons (Fsp3) is 0.529. The van der Waals surface area contributed by atoms with Crippen molar-refractivity contribution in [3.63, 3.8) is 0 Å². The summed E-state index contributed by atoms with van der Waals surface area (Å²) in [5.41, 5.74) is 2.09. The highest BCUT2D eigenvalue weighted by Crippen LogP contribution is 2.30. The largest absolute Gasteiger partial charge is 0.370 e. The van der Waals surface area contributed by atoms with Gasteiger partial charge in [-0.15, -0.1) is 10.2 Å². The molecule has 0 bridgehead atoms. The lowest BCUT2D eigenvalue weighted by Crippen LogP contribution is -2.17. The second kappa shape index (κ2) is 8.19. The molecule has 2 N–H and O–H groups in total. The first-order chi connectivity index (χ1) is 11.7. The third kappa shape index (κ3) is 4.74. The number of amides is 1. The highest BCUT2D eigenvalue weighted by atomic mass is 32.1. The number of rotatable bonds is 6. The highest BCUT2D eigenvalue weighted by Gasteiger charge is 2.18. The number of pyridine rings is 1. The van der Waals surface area contributed by atoms with E-state index in [1.165, 1.54) is 43.4 Å². The fourth-order valence-electron chi connectivity index (χ4n) is 3.26. The maximum absolute atomic E-state index is 12.0. The number of anilines is 2. The van der Waals surface area contributed by atoms with Gasteiger partial charge < -0.3 is 5.32 Å². The first-order valence-electron chi connectivity index (χ1n) is 8.48. The molecule has 128 valence electrons. The van der Waals surface area contributed by atoms with Gasteiger partial charge in [-0.3, -0.25) is 10.1 Å². The molecule has 1 saturated carbocycles. The van der Waals surface area contributed by atoms with Crippen molar-refractivity contribution in [2.24, 2.45) is 11.8 Å². The molecule has 2 unspecified atom stereocenters. The maximum Gasteiger partial charge on any atom is 0.259 e. The Kier molecular flexibility index (Phi) is 5.74. The van der Waals surface area contributed by atoms with Crippen LogP contribution >= 0.6 is 11.3 Å². The maximum atomic E-state index is 12.0. The van der Waals surface area contributed by atoms with Crippen molar-refractivity contribution in [2.75, 3.05) is 17.2 Å². The Hall–Kier alpha value is -2.02. The molecule has 0 spiro atoms. The molecule has 1 amide bonds. The average Bonchev–Trinajstić information content (AvgIpc) is 3.08. The fourth-order valence-corrected chi connectivity index (χ4v) is 3.70. The number of carbonyl (C=O) groups is 1. The Balaban J connectivity index is 1.45. The quantitative estimate of drug-likeness (QED) is 0.832. The SMILES string of the molecule is CC1CCCC(CCNc2ccc(C(=O)Nc3nncs3)cn2)C1. The van der Waals surface area contributed by atoms with Crippen LogP contribution in [0, 0.1) is 11.8 Å². The first kappa shape index (κ1) is 16.8. The van der Waals surface area contributed by atoms with Crippen molar-refractivity contribution in [1.82, 2.24) is 15.2 Å². The molecule has 7 heteroatoms. The van der Waals surface area contributed by atoms with E-state index >= 15 is 0 Å². The smallest absolute Gasteiger partial charge is 0.259 e. The summed E-state index contributed by atoms with van der Waals surface area (Å²) in [6.07, 6.45) is 8.21. The van der Waals surface area contributed by atoms with E-state index in [-0.39, 0.29) is 5.91 Å². The third-order valence-corrected chi connectivity index (χ3v) is 5.12. The molecule has 6 nitrogen and oxygen atoms in total. The van der Waals surface area contributed by atoms with Crippen LogP contribution in [-0.2, 0) is 0 Å². The van der Waals surface area contributed by atoms with Crippen LogP contribution in [0.5, 0.6) is 0 Å². The molecular weight excluding hydrogens is 322 g/mol. The third-order valence-electron chi connectivity index (χ3n) is 4.51. The average molecular weight is 345 g/mol. The molecule has 2 aromatic rings. The van der Waals surface area contributed by atoms with E-state index in [2.05, 4.69) is 32.7 Å². The minimum atomic E-state index is -0.220. The van der Waals surface area contributed by atoms with Crippen molar-refractivity contribution in [1.29, 1.82) is 0 Å². The van der Waals surface area contributed by atoms with E-state index in [1.54, 1.807) is 17.8 Å². The molecule has 0 saturated heterocycles. The van der Waals surface area contributed by atoms with Gasteiger partial charge in [-0.05, 0) is 36.8 Å². The molecule has 1 fully saturated rings. The Morgan fingerprint density at radius 2 is 2.29 bits per heavy atom. The summed E-state index contributed by atoms with van der Waals surface area (Å²) >= 11 is 1.29. The zero-order chi connectivity index (χ0) is 16.8. The summed E-state index contributed by atoms with van der Waals surface area (Å²) in [4.78, 5) is 16.4. The van der Waals surface area contributed by atoms with Crippen LogP contribution in [0.4, 0.5) is 10.9 Å². The Morgan fingerprint density at radius 1 is 1.38 bits per heavy atom.